The smallest absolute Gasteiger partial charge is 0.333 e. The summed E-state index contributed by atoms with van der Waals surface area (Å²) in [5, 5.41) is 7.49. The third-order valence-electron chi connectivity index (χ3n) is 4.33. The molecule has 0 saturated carbocycles. The summed E-state index contributed by atoms with van der Waals surface area (Å²) in [5.41, 5.74) is 4.72. The van der Waals surface area contributed by atoms with Crippen LogP contribution in [0.4, 0.5) is 13.2 Å². The second-order valence-electron chi connectivity index (χ2n) is 5.95. The van der Waals surface area contributed by atoms with Crippen molar-refractivity contribution in [3.05, 3.63) is 41.7 Å². The van der Waals surface area contributed by atoms with Crippen LogP contribution in [0.25, 0.3) is 5.69 Å². The van der Waals surface area contributed by atoms with Crippen LogP contribution >= 0.6 is 0 Å². The quantitative estimate of drug-likeness (QED) is 0.918. The third-order valence-corrected chi connectivity index (χ3v) is 4.33. The van der Waals surface area contributed by atoms with E-state index in [0.29, 0.717) is 13.1 Å². The summed E-state index contributed by atoms with van der Waals surface area (Å²) in [5.74, 6) is -0.356. The zero-order valence-electron chi connectivity index (χ0n) is 13.4. The fourth-order valence-corrected chi connectivity index (χ4v) is 3.05. The Kier molecular flexibility index (Phi) is 4.76. The van der Waals surface area contributed by atoms with E-state index in [4.69, 9.17) is 5.73 Å². The van der Waals surface area contributed by atoms with Crippen molar-refractivity contribution < 1.29 is 18.0 Å². The van der Waals surface area contributed by atoms with Crippen LogP contribution in [0.15, 0.2) is 30.5 Å². The molecule has 1 aromatic carbocycles. The summed E-state index contributed by atoms with van der Waals surface area (Å²) in [4.78, 5) is 14.3. The van der Waals surface area contributed by atoms with Crippen LogP contribution in [-0.2, 0) is 6.18 Å². The maximum absolute atomic E-state index is 13.1. The van der Waals surface area contributed by atoms with Crippen LogP contribution in [0.1, 0.15) is 35.3 Å². The highest BCUT2D eigenvalue weighted by atomic mass is 19.4. The first-order chi connectivity index (χ1) is 11.9. The number of rotatable bonds is 3. The van der Waals surface area contributed by atoms with Gasteiger partial charge in [0.2, 0.25) is 0 Å². The van der Waals surface area contributed by atoms with Gasteiger partial charge in [-0.2, -0.15) is 13.2 Å². The van der Waals surface area contributed by atoms with Gasteiger partial charge in [-0.1, -0.05) is 17.3 Å². The number of nitrogens with two attached hydrogens (primary N) is 1. The van der Waals surface area contributed by atoms with Gasteiger partial charge in [-0.3, -0.25) is 4.79 Å². The van der Waals surface area contributed by atoms with Crippen molar-refractivity contribution in [3.63, 3.8) is 0 Å². The summed E-state index contributed by atoms with van der Waals surface area (Å²) in [6.07, 6.45) is -0.614. The van der Waals surface area contributed by atoms with Gasteiger partial charge in [0.1, 0.15) is 0 Å². The molecule has 1 atom stereocenters. The molecular weight excluding hydrogens is 335 g/mol. The normalized spacial score (nSPS) is 18.4. The van der Waals surface area contributed by atoms with E-state index in [1.807, 2.05) is 0 Å². The lowest BCUT2D eigenvalue weighted by molar-refractivity contribution is -0.137. The molecule has 2 N–H and O–H groups in total. The summed E-state index contributed by atoms with van der Waals surface area (Å²) in [7, 11) is 0. The van der Waals surface area contributed by atoms with Gasteiger partial charge in [-0.15, -0.1) is 5.10 Å². The molecule has 1 unspecified atom stereocenters. The molecule has 0 bridgehead atoms. The Bertz CT molecular complexity index is 758. The molecule has 0 spiro atoms. The van der Waals surface area contributed by atoms with Crippen molar-refractivity contribution in [3.8, 4) is 5.69 Å². The second-order valence-corrected chi connectivity index (χ2v) is 5.95. The van der Waals surface area contributed by atoms with E-state index in [9.17, 15) is 18.0 Å². The lowest BCUT2D eigenvalue weighted by Crippen LogP contribution is -2.47. The SMILES string of the molecule is NCC1CCCCN1C(=O)c1cn(-c2ccccc2C(F)(F)F)nn1. The largest absolute Gasteiger partial charge is 0.418 e. The number of para-hydroxylation sites is 1. The van der Waals surface area contributed by atoms with Gasteiger partial charge in [0.25, 0.3) is 5.91 Å². The van der Waals surface area contributed by atoms with E-state index < -0.39 is 11.7 Å². The monoisotopic (exact) mass is 353 g/mol. The van der Waals surface area contributed by atoms with Crippen molar-refractivity contribution >= 4 is 5.91 Å². The van der Waals surface area contributed by atoms with Crippen molar-refractivity contribution in [2.75, 3.05) is 13.1 Å². The number of amides is 1. The van der Waals surface area contributed by atoms with Crippen molar-refractivity contribution in [1.29, 1.82) is 0 Å². The first-order valence-electron chi connectivity index (χ1n) is 8.02. The Morgan fingerprint density at radius 2 is 2.04 bits per heavy atom. The van der Waals surface area contributed by atoms with E-state index in [2.05, 4.69) is 10.3 Å². The lowest BCUT2D eigenvalue weighted by Gasteiger charge is -2.34. The number of benzene rings is 1. The van der Waals surface area contributed by atoms with Crippen LogP contribution in [-0.4, -0.2) is 44.9 Å². The molecule has 6 nitrogen and oxygen atoms in total. The highest BCUT2D eigenvalue weighted by Crippen LogP contribution is 2.33. The number of likely N-dealkylation sites (tertiary alicyclic amines) is 1. The van der Waals surface area contributed by atoms with Crippen molar-refractivity contribution in [1.82, 2.24) is 19.9 Å². The molecule has 1 fully saturated rings. The van der Waals surface area contributed by atoms with Crippen LogP contribution in [0.5, 0.6) is 0 Å². The Morgan fingerprint density at radius 3 is 2.76 bits per heavy atom. The molecule has 1 aliphatic rings. The Labute approximate surface area is 142 Å². The molecule has 134 valence electrons. The van der Waals surface area contributed by atoms with E-state index >= 15 is 0 Å². The molecule has 2 heterocycles. The van der Waals surface area contributed by atoms with Gasteiger partial charge in [0.15, 0.2) is 5.69 Å². The zero-order chi connectivity index (χ0) is 18.0. The number of aromatic nitrogens is 3. The average molecular weight is 353 g/mol. The molecular formula is C16H18F3N5O. The third kappa shape index (κ3) is 3.51. The van der Waals surface area contributed by atoms with Crippen LogP contribution < -0.4 is 5.73 Å². The van der Waals surface area contributed by atoms with Crippen LogP contribution in [0, 0.1) is 0 Å². The predicted octanol–water partition coefficient (Wildman–Crippen LogP) is 2.24. The molecule has 0 aliphatic carbocycles. The van der Waals surface area contributed by atoms with Gasteiger partial charge in [-0.05, 0) is 31.4 Å². The van der Waals surface area contributed by atoms with Crippen molar-refractivity contribution in [2.24, 2.45) is 5.73 Å². The second kappa shape index (κ2) is 6.83. The average Bonchev–Trinajstić information content (AvgIpc) is 3.10. The predicted molar refractivity (Wildman–Crippen MR) is 84.1 cm³/mol. The molecule has 0 radical (unpaired) electrons. The van der Waals surface area contributed by atoms with Crippen LogP contribution in [0.2, 0.25) is 0 Å². The molecule has 25 heavy (non-hydrogen) atoms. The topological polar surface area (TPSA) is 77.0 Å². The maximum atomic E-state index is 13.1. The molecule has 3 rings (SSSR count). The number of carbonyl (C=O) groups excluding carboxylic acids is 1. The minimum absolute atomic E-state index is 0.0114. The summed E-state index contributed by atoms with van der Waals surface area (Å²) in [6.45, 7) is 0.906. The maximum Gasteiger partial charge on any atom is 0.418 e. The molecule has 1 aliphatic heterocycles. The highest BCUT2D eigenvalue weighted by molar-refractivity contribution is 5.92. The van der Waals surface area contributed by atoms with Crippen molar-refractivity contribution in [2.45, 2.75) is 31.5 Å². The summed E-state index contributed by atoms with van der Waals surface area (Å²) >= 11 is 0. The number of hydrogen-bond acceptors (Lipinski definition) is 4. The summed E-state index contributed by atoms with van der Waals surface area (Å²) < 4.78 is 40.4. The summed E-state index contributed by atoms with van der Waals surface area (Å²) in [6, 6.07) is 4.95. The van der Waals surface area contributed by atoms with Gasteiger partial charge in [0.05, 0.1) is 17.4 Å². The molecule has 2 aromatic rings. The van der Waals surface area contributed by atoms with E-state index in [1.54, 1.807) is 4.90 Å². The minimum atomic E-state index is -4.52. The molecule has 9 heteroatoms. The van der Waals surface area contributed by atoms with Crippen LogP contribution in [0.3, 0.4) is 0 Å². The van der Waals surface area contributed by atoms with Gasteiger partial charge < -0.3 is 10.6 Å². The number of piperidine rings is 1. The lowest BCUT2D eigenvalue weighted by atomic mass is 10.0. The number of alkyl halides is 3. The van der Waals surface area contributed by atoms with E-state index in [0.717, 1.165) is 30.0 Å². The highest BCUT2D eigenvalue weighted by Gasteiger charge is 2.34. The molecule has 1 saturated heterocycles. The molecule has 1 aromatic heterocycles. The Morgan fingerprint density at radius 1 is 1.28 bits per heavy atom. The number of halogens is 3. The van der Waals surface area contributed by atoms with Gasteiger partial charge >= 0.3 is 6.18 Å². The Hall–Kier alpha value is -2.42. The fourth-order valence-electron chi connectivity index (χ4n) is 3.05. The first-order valence-corrected chi connectivity index (χ1v) is 8.02. The minimum Gasteiger partial charge on any atom is -0.333 e. The Balaban J connectivity index is 1.90. The van der Waals surface area contributed by atoms with Gasteiger partial charge in [-0.25, -0.2) is 4.68 Å². The number of nitrogens with zero attached hydrogens (tertiary/aromatic N) is 4. The van der Waals surface area contributed by atoms with Gasteiger partial charge in [0, 0.05) is 19.1 Å². The fraction of sp³-hybridized carbons (Fsp3) is 0.438. The zero-order valence-corrected chi connectivity index (χ0v) is 13.4. The standard InChI is InChI=1S/C16H18F3N5O/c17-16(18,19)12-6-1-2-7-14(12)24-10-13(21-22-24)15(25)23-8-4-3-5-11(23)9-20/h1-2,6-7,10-11H,3-5,8-9,20H2. The number of carbonyl (C=O) groups is 1. The first kappa shape index (κ1) is 17.4. The van der Waals surface area contributed by atoms with E-state index in [-0.39, 0.29) is 23.3 Å². The number of hydrogen-bond donors (Lipinski definition) is 1. The van der Waals surface area contributed by atoms with E-state index in [1.165, 1.54) is 24.4 Å². The molecule has 1 amide bonds.